The summed E-state index contributed by atoms with van der Waals surface area (Å²) < 4.78 is 5.42. The molecule has 3 heteroatoms. The lowest BCUT2D eigenvalue weighted by molar-refractivity contribution is 0.348. The summed E-state index contributed by atoms with van der Waals surface area (Å²) >= 11 is 0. The van der Waals surface area contributed by atoms with Gasteiger partial charge in [0.2, 0.25) is 5.90 Å². The molecule has 0 amide bonds. The summed E-state index contributed by atoms with van der Waals surface area (Å²) in [4.78, 5) is 4.29. The Balaban J connectivity index is 1.74. The smallest absolute Gasteiger partial charge is 0.216 e. The molecule has 1 aromatic rings. The number of benzene rings is 1. The van der Waals surface area contributed by atoms with E-state index in [9.17, 15) is 0 Å². The van der Waals surface area contributed by atoms with Crippen molar-refractivity contribution in [2.45, 2.75) is 24.8 Å². The van der Waals surface area contributed by atoms with Crippen LogP contribution >= 0.6 is 0 Å². The van der Waals surface area contributed by atoms with Crippen LogP contribution in [0.5, 0.6) is 0 Å². The third kappa shape index (κ3) is 1.95. The molecule has 84 valence electrons. The lowest BCUT2D eigenvalue weighted by Crippen LogP contribution is -2.24. The summed E-state index contributed by atoms with van der Waals surface area (Å²) in [6.45, 7) is 1.49. The average molecular weight is 216 g/mol. The summed E-state index contributed by atoms with van der Waals surface area (Å²) in [6, 6.07) is 8.41. The van der Waals surface area contributed by atoms with E-state index < -0.39 is 0 Å². The first-order valence-corrected chi connectivity index (χ1v) is 5.81. The Hall–Kier alpha value is -1.35. The fourth-order valence-electron chi connectivity index (χ4n) is 2.02. The van der Waals surface area contributed by atoms with Gasteiger partial charge in [0.25, 0.3) is 0 Å². The molecular weight excluding hydrogens is 200 g/mol. The van der Waals surface area contributed by atoms with E-state index in [0.717, 1.165) is 37.3 Å². The van der Waals surface area contributed by atoms with Gasteiger partial charge in [-0.05, 0) is 37.0 Å². The van der Waals surface area contributed by atoms with E-state index in [4.69, 9.17) is 10.5 Å². The van der Waals surface area contributed by atoms with Crippen LogP contribution in [0.2, 0.25) is 0 Å². The molecule has 2 N–H and O–H groups in total. The van der Waals surface area contributed by atoms with Crippen molar-refractivity contribution in [2.75, 3.05) is 13.2 Å². The molecule has 1 aliphatic carbocycles. The molecule has 0 spiro atoms. The Morgan fingerprint density at radius 2 is 2.00 bits per heavy atom. The Morgan fingerprint density at radius 1 is 1.25 bits per heavy atom. The Kier molecular flexibility index (Phi) is 2.21. The van der Waals surface area contributed by atoms with Crippen LogP contribution < -0.4 is 5.73 Å². The number of rotatable bonds is 3. The predicted molar refractivity (Wildman–Crippen MR) is 63.7 cm³/mol. The van der Waals surface area contributed by atoms with E-state index in [2.05, 4.69) is 29.3 Å². The molecular formula is C13H16N2O. The van der Waals surface area contributed by atoms with Crippen molar-refractivity contribution in [3.8, 4) is 0 Å². The van der Waals surface area contributed by atoms with Gasteiger partial charge in [-0.3, -0.25) is 0 Å². The zero-order valence-corrected chi connectivity index (χ0v) is 9.28. The molecule has 0 atom stereocenters. The molecule has 0 unspecified atom stereocenters. The molecule has 1 saturated carbocycles. The van der Waals surface area contributed by atoms with Crippen LogP contribution in [0.15, 0.2) is 29.3 Å². The van der Waals surface area contributed by atoms with Crippen molar-refractivity contribution >= 4 is 5.90 Å². The van der Waals surface area contributed by atoms with Gasteiger partial charge in [-0.15, -0.1) is 0 Å². The first-order chi connectivity index (χ1) is 7.75. The molecule has 0 aromatic heterocycles. The van der Waals surface area contributed by atoms with Crippen molar-refractivity contribution in [3.63, 3.8) is 0 Å². The Morgan fingerprint density at radius 3 is 2.56 bits per heavy atom. The second kappa shape index (κ2) is 3.59. The predicted octanol–water partition coefficient (Wildman–Crippen LogP) is 1.50. The highest BCUT2D eigenvalue weighted by molar-refractivity contribution is 5.94. The summed E-state index contributed by atoms with van der Waals surface area (Å²) in [5.74, 6) is 0.778. The molecule has 16 heavy (non-hydrogen) atoms. The molecule has 1 heterocycles. The zero-order valence-electron chi connectivity index (χ0n) is 9.28. The maximum atomic E-state index is 6.09. The molecule has 2 aliphatic rings. The Labute approximate surface area is 95.3 Å². The number of nitrogens with two attached hydrogens (primary N) is 1. The SMILES string of the molecule is NC1(Cc2ccc(C3=NCCO3)cc2)CC1. The quantitative estimate of drug-likeness (QED) is 0.832. The molecule has 0 saturated heterocycles. The minimum atomic E-state index is 0.0862. The van der Waals surface area contributed by atoms with Crippen LogP contribution in [-0.4, -0.2) is 24.6 Å². The van der Waals surface area contributed by atoms with Crippen LogP contribution in [0.1, 0.15) is 24.0 Å². The van der Waals surface area contributed by atoms with Gasteiger partial charge in [0, 0.05) is 11.1 Å². The standard InChI is InChI=1S/C13H16N2O/c14-13(5-6-13)9-10-1-3-11(4-2-10)12-15-7-8-16-12/h1-4H,5-9,14H2. The number of hydrogen-bond donors (Lipinski definition) is 1. The van der Waals surface area contributed by atoms with Gasteiger partial charge in [-0.1, -0.05) is 12.1 Å². The Bertz CT molecular complexity index is 418. The van der Waals surface area contributed by atoms with E-state index in [1.807, 2.05) is 0 Å². The molecule has 0 radical (unpaired) electrons. The summed E-state index contributed by atoms with van der Waals surface area (Å²) in [5.41, 5.74) is 8.56. The van der Waals surface area contributed by atoms with Crippen LogP contribution in [0, 0.1) is 0 Å². The topological polar surface area (TPSA) is 47.6 Å². The second-order valence-electron chi connectivity index (χ2n) is 4.77. The van der Waals surface area contributed by atoms with Gasteiger partial charge in [-0.25, -0.2) is 4.99 Å². The van der Waals surface area contributed by atoms with E-state index in [1.165, 1.54) is 5.56 Å². The first-order valence-electron chi connectivity index (χ1n) is 5.81. The van der Waals surface area contributed by atoms with Crippen LogP contribution in [0.25, 0.3) is 0 Å². The van der Waals surface area contributed by atoms with E-state index >= 15 is 0 Å². The van der Waals surface area contributed by atoms with Gasteiger partial charge >= 0.3 is 0 Å². The number of ether oxygens (including phenoxy) is 1. The van der Waals surface area contributed by atoms with Crippen molar-refractivity contribution in [1.29, 1.82) is 0 Å². The van der Waals surface area contributed by atoms with Crippen molar-refractivity contribution in [2.24, 2.45) is 10.7 Å². The van der Waals surface area contributed by atoms with Gasteiger partial charge in [0.15, 0.2) is 0 Å². The van der Waals surface area contributed by atoms with Crippen molar-refractivity contribution in [3.05, 3.63) is 35.4 Å². The zero-order chi connectivity index (χ0) is 11.0. The monoisotopic (exact) mass is 216 g/mol. The molecule has 3 rings (SSSR count). The lowest BCUT2D eigenvalue weighted by atomic mass is 10.0. The largest absolute Gasteiger partial charge is 0.476 e. The lowest BCUT2D eigenvalue weighted by Gasteiger charge is -2.09. The van der Waals surface area contributed by atoms with E-state index in [0.29, 0.717) is 6.61 Å². The maximum Gasteiger partial charge on any atom is 0.216 e. The van der Waals surface area contributed by atoms with Crippen LogP contribution in [0.3, 0.4) is 0 Å². The summed E-state index contributed by atoms with van der Waals surface area (Å²) in [6.07, 6.45) is 3.30. The average Bonchev–Trinajstić information content (AvgIpc) is 2.83. The second-order valence-corrected chi connectivity index (χ2v) is 4.77. The van der Waals surface area contributed by atoms with Gasteiger partial charge in [0.05, 0.1) is 6.54 Å². The molecule has 1 aliphatic heterocycles. The summed E-state index contributed by atoms with van der Waals surface area (Å²) in [7, 11) is 0. The normalized spacial score (nSPS) is 21.4. The van der Waals surface area contributed by atoms with E-state index in [1.54, 1.807) is 0 Å². The molecule has 0 bridgehead atoms. The first kappa shape index (κ1) is 9.85. The third-order valence-corrected chi connectivity index (χ3v) is 3.23. The highest BCUT2D eigenvalue weighted by Gasteiger charge is 2.37. The summed E-state index contributed by atoms with van der Waals surface area (Å²) in [5, 5.41) is 0. The highest BCUT2D eigenvalue weighted by Crippen LogP contribution is 2.35. The maximum absolute atomic E-state index is 6.09. The fraction of sp³-hybridized carbons (Fsp3) is 0.462. The molecule has 3 nitrogen and oxygen atoms in total. The van der Waals surface area contributed by atoms with Crippen molar-refractivity contribution < 1.29 is 4.74 Å². The van der Waals surface area contributed by atoms with Crippen LogP contribution in [0.4, 0.5) is 0 Å². The third-order valence-electron chi connectivity index (χ3n) is 3.23. The highest BCUT2D eigenvalue weighted by atomic mass is 16.5. The molecule has 1 aromatic carbocycles. The number of aliphatic imine (C=N–C) groups is 1. The van der Waals surface area contributed by atoms with Gasteiger partial charge in [0.1, 0.15) is 6.61 Å². The number of hydrogen-bond acceptors (Lipinski definition) is 3. The fourth-order valence-corrected chi connectivity index (χ4v) is 2.02. The molecule has 1 fully saturated rings. The van der Waals surface area contributed by atoms with E-state index in [-0.39, 0.29) is 5.54 Å². The van der Waals surface area contributed by atoms with Crippen LogP contribution in [-0.2, 0) is 11.2 Å². The number of nitrogens with zero attached hydrogens (tertiary/aromatic N) is 1. The van der Waals surface area contributed by atoms with Gasteiger partial charge in [-0.2, -0.15) is 0 Å². The minimum Gasteiger partial charge on any atom is -0.476 e. The van der Waals surface area contributed by atoms with Gasteiger partial charge < -0.3 is 10.5 Å². The van der Waals surface area contributed by atoms with Crippen molar-refractivity contribution in [1.82, 2.24) is 0 Å². The minimum absolute atomic E-state index is 0.0862.